The molecule has 1 amide bonds. The monoisotopic (exact) mass is 308 g/mol. The van der Waals surface area contributed by atoms with Crippen molar-refractivity contribution >= 4 is 17.6 Å². The number of rotatable bonds is 7. The molecular weight excluding hydrogens is 288 g/mol. The van der Waals surface area contributed by atoms with Crippen molar-refractivity contribution in [3.63, 3.8) is 0 Å². The predicted molar refractivity (Wildman–Crippen MR) is 80.2 cm³/mol. The van der Waals surface area contributed by atoms with Crippen molar-refractivity contribution in [1.29, 1.82) is 0 Å². The summed E-state index contributed by atoms with van der Waals surface area (Å²) in [7, 11) is 1.27. The largest absolute Gasteiger partial charge is 0.467 e. The average molecular weight is 308 g/mol. The molecular formula is C15H20N2O5. The highest BCUT2D eigenvalue weighted by Crippen LogP contribution is 2.14. The number of hydrogen-bond acceptors (Lipinski definition) is 5. The summed E-state index contributed by atoms with van der Waals surface area (Å²) in [6, 6.07) is 5.14. The van der Waals surface area contributed by atoms with Crippen LogP contribution in [0.15, 0.2) is 24.3 Å². The average Bonchev–Trinajstić information content (AvgIpc) is 2.45. The number of carbonyl (C=O) groups excluding carboxylic acids is 2. The fraction of sp³-hybridized carbons (Fsp3) is 0.467. The first-order valence-electron chi connectivity index (χ1n) is 6.94. The van der Waals surface area contributed by atoms with E-state index in [-0.39, 0.29) is 23.9 Å². The molecule has 0 aliphatic heterocycles. The number of non-ortho nitro benzene ring substituents is 1. The Morgan fingerprint density at radius 1 is 1.36 bits per heavy atom. The molecule has 0 aromatic heterocycles. The molecule has 0 bridgehead atoms. The SMILES string of the molecule is COC(=O)[C@@H](CC(C)C)NC(=O)Cc1cccc([N+](=O)[O-])c1. The maximum absolute atomic E-state index is 12.0. The molecule has 7 heteroatoms. The van der Waals surface area contributed by atoms with Gasteiger partial charge in [0.15, 0.2) is 0 Å². The summed E-state index contributed by atoms with van der Waals surface area (Å²) >= 11 is 0. The quantitative estimate of drug-likeness (QED) is 0.471. The molecule has 22 heavy (non-hydrogen) atoms. The van der Waals surface area contributed by atoms with E-state index in [1.165, 1.54) is 25.3 Å². The number of hydrogen-bond donors (Lipinski definition) is 1. The van der Waals surface area contributed by atoms with Crippen LogP contribution in [-0.4, -0.2) is 30.0 Å². The van der Waals surface area contributed by atoms with Gasteiger partial charge in [-0.1, -0.05) is 26.0 Å². The van der Waals surface area contributed by atoms with Crippen molar-refractivity contribution in [2.45, 2.75) is 32.7 Å². The zero-order valence-electron chi connectivity index (χ0n) is 12.9. The fourth-order valence-corrected chi connectivity index (χ4v) is 2.04. The molecule has 7 nitrogen and oxygen atoms in total. The molecule has 1 N–H and O–H groups in total. The van der Waals surface area contributed by atoms with E-state index in [1.54, 1.807) is 6.07 Å². The van der Waals surface area contributed by atoms with Gasteiger partial charge in [0.1, 0.15) is 6.04 Å². The maximum atomic E-state index is 12.0. The van der Waals surface area contributed by atoms with E-state index in [2.05, 4.69) is 10.1 Å². The molecule has 0 spiro atoms. The first kappa shape index (κ1) is 17.6. The Hall–Kier alpha value is -2.44. The van der Waals surface area contributed by atoms with Crippen LogP contribution in [0.5, 0.6) is 0 Å². The number of ether oxygens (including phenoxy) is 1. The van der Waals surface area contributed by atoms with E-state index in [1.807, 2.05) is 13.8 Å². The summed E-state index contributed by atoms with van der Waals surface area (Å²) in [4.78, 5) is 33.9. The van der Waals surface area contributed by atoms with Crippen LogP contribution >= 0.6 is 0 Å². The lowest BCUT2D eigenvalue weighted by atomic mass is 10.0. The second-order valence-electron chi connectivity index (χ2n) is 5.38. The van der Waals surface area contributed by atoms with Gasteiger partial charge in [-0.05, 0) is 17.9 Å². The van der Waals surface area contributed by atoms with Gasteiger partial charge < -0.3 is 10.1 Å². The fourth-order valence-electron chi connectivity index (χ4n) is 2.04. The zero-order chi connectivity index (χ0) is 16.7. The number of nitrogens with zero attached hydrogens (tertiary/aromatic N) is 1. The van der Waals surface area contributed by atoms with Crippen molar-refractivity contribution in [1.82, 2.24) is 5.32 Å². The van der Waals surface area contributed by atoms with Crippen molar-refractivity contribution in [3.8, 4) is 0 Å². The number of esters is 1. The highest BCUT2D eigenvalue weighted by atomic mass is 16.6. The molecule has 0 unspecified atom stereocenters. The standard InChI is InChI=1S/C15H20N2O5/c1-10(2)7-13(15(19)22-3)16-14(18)9-11-5-4-6-12(8-11)17(20)21/h4-6,8,10,13H,7,9H2,1-3H3,(H,16,18)/t13-/m1/s1. The number of methoxy groups -OCH3 is 1. The minimum atomic E-state index is -0.712. The lowest BCUT2D eigenvalue weighted by Gasteiger charge is -2.18. The van der Waals surface area contributed by atoms with Crippen molar-refractivity contribution in [2.75, 3.05) is 7.11 Å². The van der Waals surface area contributed by atoms with Crippen LogP contribution in [0.3, 0.4) is 0 Å². The molecule has 1 atom stereocenters. The minimum Gasteiger partial charge on any atom is -0.467 e. The number of amides is 1. The Balaban J connectivity index is 2.72. The van der Waals surface area contributed by atoms with Gasteiger partial charge in [-0.15, -0.1) is 0 Å². The molecule has 1 rings (SSSR count). The van der Waals surface area contributed by atoms with Gasteiger partial charge >= 0.3 is 5.97 Å². The molecule has 0 saturated carbocycles. The van der Waals surface area contributed by atoms with Crippen LogP contribution in [-0.2, 0) is 20.7 Å². The highest BCUT2D eigenvalue weighted by molar-refractivity contribution is 5.85. The number of carbonyl (C=O) groups is 2. The van der Waals surface area contributed by atoms with Gasteiger partial charge in [-0.2, -0.15) is 0 Å². The molecule has 0 aliphatic rings. The summed E-state index contributed by atoms with van der Waals surface area (Å²) < 4.78 is 4.67. The smallest absolute Gasteiger partial charge is 0.328 e. The molecule has 0 saturated heterocycles. The first-order valence-corrected chi connectivity index (χ1v) is 6.94. The summed E-state index contributed by atoms with van der Waals surface area (Å²) in [6.45, 7) is 3.87. The Labute approximate surface area is 128 Å². The van der Waals surface area contributed by atoms with Crippen LogP contribution in [0.1, 0.15) is 25.8 Å². The minimum absolute atomic E-state index is 0.0345. The highest BCUT2D eigenvalue weighted by Gasteiger charge is 2.22. The van der Waals surface area contributed by atoms with Crippen LogP contribution in [0.2, 0.25) is 0 Å². The van der Waals surface area contributed by atoms with E-state index in [4.69, 9.17) is 0 Å². The number of benzene rings is 1. The molecule has 0 radical (unpaired) electrons. The Morgan fingerprint density at radius 2 is 2.05 bits per heavy atom. The third kappa shape index (κ3) is 5.51. The van der Waals surface area contributed by atoms with Gasteiger partial charge in [-0.25, -0.2) is 4.79 Å². The van der Waals surface area contributed by atoms with E-state index in [0.29, 0.717) is 12.0 Å². The van der Waals surface area contributed by atoms with Gasteiger partial charge in [0.25, 0.3) is 5.69 Å². The van der Waals surface area contributed by atoms with Gasteiger partial charge in [0.05, 0.1) is 18.5 Å². The summed E-state index contributed by atoms with van der Waals surface area (Å²) in [5, 5.41) is 13.3. The van der Waals surface area contributed by atoms with Crippen LogP contribution in [0.4, 0.5) is 5.69 Å². The molecule has 0 aliphatic carbocycles. The summed E-state index contributed by atoms with van der Waals surface area (Å²) in [6.07, 6.45) is 0.431. The number of nitro benzene ring substituents is 1. The Kier molecular flexibility index (Phi) is 6.49. The topological polar surface area (TPSA) is 98.5 Å². The first-order chi connectivity index (χ1) is 10.3. The van der Waals surface area contributed by atoms with Crippen molar-refractivity contribution in [3.05, 3.63) is 39.9 Å². The molecule has 0 heterocycles. The number of nitrogens with one attached hydrogen (secondary N) is 1. The lowest BCUT2D eigenvalue weighted by molar-refractivity contribution is -0.384. The van der Waals surface area contributed by atoms with E-state index in [9.17, 15) is 19.7 Å². The van der Waals surface area contributed by atoms with Gasteiger partial charge in [0, 0.05) is 12.1 Å². The van der Waals surface area contributed by atoms with Crippen molar-refractivity contribution < 1.29 is 19.2 Å². The molecule has 1 aromatic rings. The lowest BCUT2D eigenvalue weighted by Crippen LogP contribution is -2.43. The summed E-state index contributed by atoms with van der Waals surface area (Å²) in [5.74, 6) is -0.667. The van der Waals surface area contributed by atoms with Crippen LogP contribution < -0.4 is 5.32 Å². The van der Waals surface area contributed by atoms with E-state index in [0.717, 1.165) is 0 Å². The van der Waals surface area contributed by atoms with E-state index >= 15 is 0 Å². The normalized spacial score (nSPS) is 11.8. The third-order valence-electron chi connectivity index (χ3n) is 3.01. The van der Waals surface area contributed by atoms with Gasteiger partial charge in [-0.3, -0.25) is 14.9 Å². The van der Waals surface area contributed by atoms with Crippen LogP contribution in [0, 0.1) is 16.0 Å². The van der Waals surface area contributed by atoms with E-state index < -0.39 is 16.9 Å². The Bertz CT molecular complexity index is 557. The Morgan fingerprint density at radius 3 is 2.59 bits per heavy atom. The zero-order valence-corrected chi connectivity index (χ0v) is 12.9. The van der Waals surface area contributed by atoms with Crippen LogP contribution in [0.25, 0.3) is 0 Å². The molecule has 120 valence electrons. The number of nitro groups is 1. The van der Waals surface area contributed by atoms with Gasteiger partial charge in [0.2, 0.25) is 5.91 Å². The second-order valence-corrected chi connectivity index (χ2v) is 5.38. The second kappa shape index (κ2) is 8.11. The molecule has 0 fully saturated rings. The third-order valence-corrected chi connectivity index (χ3v) is 3.01. The molecule has 1 aromatic carbocycles. The predicted octanol–water partition coefficient (Wildman–Crippen LogP) is 1.84. The maximum Gasteiger partial charge on any atom is 0.328 e. The van der Waals surface area contributed by atoms with Crippen molar-refractivity contribution in [2.24, 2.45) is 5.92 Å². The summed E-state index contributed by atoms with van der Waals surface area (Å²) in [5.41, 5.74) is 0.442.